The van der Waals surface area contributed by atoms with Crippen molar-refractivity contribution in [1.29, 1.82) is 0 Å². The molecule has 1 aliphatic heterocycles. The Balaban J connectivity index is 1.47. The number of pyridine rings is 1. The van der Waals surface area contributed by atoms with E-state index >= 15 is 0 Å². The Labute approximate surface area is 158 Å². The van der Waals surface area contributed by atoms with Crippen LogP contribution >= 0.6 is 0 Å². The van der Waals surface area contributed by atoms with Gasteiger partial charge in [0.15, 0.2) is 11.5 Å². The standard InChI is InChI=1S/C19H24N6O2/c1-12-13(2)19(23-25-18(12)21-14(3)22-25)24-9-6-15(7-10-24)27-16-5-8-20-17(11-16)26-4/h5,8,11,15H,6-7,9-10H2,1-4H3. The zero-order valence-electron chi connectivity index (χ0n) is 16.1. The summed E-state index contributed by atoms with van der Waals surface area (Å²) in [4.78, 5) is 10.9. The molecule has 0 aromatic carbocycles. The predicted octanol–water partition coefficient (Wildman–Crippen LogP) is 2.50. The van der Waals surface area contributed by atoms with Gasteiger partial charge in [-0.1, -0.05) is 0 Å². The fourth-order valence-corrected chi connectivity index (χ4v) is 3.46. The first kappa shape index (κ1) is 17.5. The molecule has 8 heteroatoms. The second-order valence-electron chi connectivity index (χ2n) is 6.88. The Hall–Kier alpha value is -2.90. The van der Waals surface area contributed by atoms with Crippen LogP contribution in [0, 0.1) is 20.8 Å². The van der Waals surface area contributed by atoms with Crippen molar-refractivity contribution in [3.8, 4) is 11.6 Å². The van der Waals surface area contributed by atoms with Gasteiger partial charge < -0.3 is 14.4 Å². The summed E-state index contributed by atoms with van der Waals surface area (Å²) in [6.07, 6.45) is 3.74. The van der Waals surface area contributed by atoms with Gasteiger partial charge in [-0.25, -0.2) is 9.97 Å². The molecule has 1 fully saturated rings. The molecule has 0 bridgehead atoms. The number of fused-ring (bicyclic) bond motifs is 1. The second-order valence-corrected chi connectivity index (χ2v) is 6.88. The lowest BCUT2D eigenvalue weighted by Crippen LogP contribution is -2.39. The van der Waals surface area contributed by atoms with Gasteiger partial charge in [0, 0.05) is 49.3 Å². The summed E-state index contributed by atoms with van der Waals surface area (Å²) in [5.41, 5.74) is 3.12. The Morgan fingerprint density at radius 3 is 2.59 bits per heavy atom. The number of rotatable bonds is 4. The second kappa shape index (κ2) is 7.02. The van der Waals surface area contributed by atoms with E-state index in [1.54, 1.807) is 17.9 Å². The van der Waals surface area contributed by atoms with Gasteiger partial charge in [0.25, 0.3) is 0 Å². The number of methoxy groups -OCH3 is 1. The molecule has 0 amide bonds. The minimum Gasteiger partial charge on any atom is -0.490 e. The Bertz CT molecular complexity index is 962. The Kier molecular flexibility index (Phi) is 4.55. The summed E-state index contributed by atoms with van der Waals surface area (Å²) < 4.78 is 12.9. The lowest BCUT2D eigenvalue weighted by atomic mass is 10.1. The molecule has 0 atom stereocenters. The quantitative estimate of drug-likeness (QED) is 0.700. The van der Waals surface area contributed by atoms with Crippen molar-refractivity contribution in [2.24, 2.45) is 0 Å². The van der Waals surface area contributed by atoms with Crippen LogP contribution in [0.25, 0.3) is 5.65 Å². The van der Waals surface area contributed by atoms with Gasteiger partial charge in [0.1, 0.15) is 17.7 Å². The molecule has 0 spiro atoms. The van der Waals surface area contributed by atoms with Crippen LogP contribution in [0.3, 0.4) is 0 Å². The molecule has 4 heterocycles. The molecule has 4 rings (SSSR count). The van der Waals surface area contributed by atoms with Crippen molar-refractivity contribution in [3.05, 3.63) is 35.3 Å². The average Bonchev–Trinajstić information content (AvgIpc) is 3.06. The van der Waals surface area contributed by atoms with Gasteiger partial charge in [-0.3, -0.25) is 0 Å². The molecule has 27 heavy (non-hydrogen) atoms. The molecule has 0 unspecified atom stereocenters. The smallest absolute Gasteiger partial charge is 0.216 e. The highest BCUT2D eigenvalue weighted by molar-refractivity contribution is 5.59. The highest BCUT2D eigenvalue weighted by Gasteiger charge is 2.24. The maximum atomic E-state index is 6.11. The molecule has 8 nitrogen and oxygen atoms in total. The van der Waals surface area contributed by atoms with Crippen LogP contribution in [0.15, 0.2) is 18.3 Å². The van der Waals surface area contributed by atoms with Crippen molar-refractivity contribution < 1.29 is 9.47 Å². The van der Waals surface area contributed by atoms with Crippen molar-refractivity contribution in [2.45, 2.75) is 39.7 Å². The zero-order valence-corrected chi connectivity index (χ0v) is 16.1. The third kappa shape index (κ3) is 3.39. The maximum absolute atomic E-state index is 6.11. The molecule has 0 radical (unpaired) electrons. The lowest BCUT2D eigenvalue weighted by molar-refractivity contribution is 0.169. The van der Waals surface area contributed by atoms with Crippen LogP contribution in [-0.4, -0.2) is 51.1 Å². The number of aryl methyl sites for hydroxylation is 2. The van der Waals surface area contributed by atoms with Crippen LogP contribution in [0.2, 0.25) is 0 Å². The highest BCUT2D eigenvalue weighted by Crippen LogP contribution is 2.27. The fourth-order valence-electron chi connectivity index (χ4n) is 3.46. The highest BCUT2D eigenvalue weighted by atomic mass is 16.5. The minimum atomic E-state index is 0.173. The Morgan fingerprint density at radius 1 is 1.07 bits per heavy atom. The van der Waals surface area contributed by atoms with Crippen LogP contribution in [-0.2, 0) is 0 Å². The van der Waals surface area contributed by atoms with E-state index in [1.807, 2.05) is 19.1 Å². The summed E-state index contributed by atoms with van der Waals surface area (Å²) in [5, 5.41) is 9.10. The number of hydrogen-bond donors (Lipinski definition) is 0. The van der Waals surface area contributed by atoms with Crippen molar-refractivity contribution in [3.63, 3.8) is 0 Å². The number of piperidine rings is 1. The zero-order chi connectivity index (χ0) is 19.0. The summed E-state index contributed by atoms with van der Waals surface area (Å²) >= 11 is 0. The summed E-state index contributed by atoms with van der Waals surface area (Å²) in [5.74, 6) is 3.08. The fraction of sp³-hybridized carbons (Fsp3) is 0.474. The molecule has 0 aliphatic carbocycles. The van der Waals surface area contributed by atoms with Gasteiger partial charge in [0.2, 0.25) is 5.88 Å². The number of ether oxygens (including phenoxy) is 2. The number of hydrogen-bond acceptors (Lipinski definition) is 7. The van der Waals surface area contributed by atoms with Crippen LogP contribution in [0.4, 0.5) is 5.82 Å². The average molecular weight is 368 g/mol. The first-order valence-electron chi connectivity index (χ1n) is 9.17. The maximum Gasteiger partial charge on any atom is 0.216 e. The SMILES string of the molecule is COc1cc(OC2CCN(c3nn4nc(C)nc4c(C)c3C)CC2)ccn1. The van der Waals surface area contributed by atoms with Gasteiger partial charge >= 0.3 is 0 Å². The monoisotopic (exact) mass is 368 g/mol. The Morgan fingerprint density at radius 2 is 1.85 bits per heavy atom. The number of anilines is 1. The third-order valence-electron chi connectivity index (χ3n) is 5.08. The molecule has 1 saturated heterocycles. The molecule has 142 valence electrons. The van der Waals surface area contributed by atoms with E-state index in [1.165, 1.54) is 0 Å². The van der Waals surface area contributed by atoms with Gasteiger partial charge in [-0.2, -0.15) is 0 Å². The normalized spacial score (nSPS) is 15.3. The summed E-state index contributed by atoms with van der Waals surface area (Å²) in [6, 6.07) is 3.69. The van der Waals surface area contributed by atoms with Crippen LogP contribution in [0.1, 0.15) is 29.8 Å². The first-order valence-corrected chi connectivity index (χ1v) is 9.17. The van der Waals surface area contributed by atoms with E-state index in [0.717, 1.165) is 60.1 Å². The van der Waals surface area contributed by atoms with E-state index in [-0.39, 0.29) is 6.10 Å². The molecule has 3 aromatic rings. The molecular weight excluding hydrogens is 344 g/mol. The van der Waals surface area contributed by atoms with E-state index in [9.17, 15) is 0 Å². The van der Waals surface area contributed by atoms with Gasteiger partial charge in [0.05, 0.1) is 7.11 Å². The van der Waals surface area contributed by atoms with Crippen molar-refractivity contribution in [2.75, 3.05) is 25.1 Å². The summed E-state index contributed by atoms with van der Waals surface area (Å²) in [7, 11) is 1.61. The largest absolute Gasteiger partial charge is 0.490 e. The van der Waals surface area contributed by atoms with E-state index < -0.39 is 0 Å². The van der Waals surface area contributed by atoms with E-state index in [0.29, 0.717) is 5.88 Å². The topological polar surface area (TPSA) is 77.7 Å². The van der Waals surface area contributed by atoms with Crippen molar-refractivity contribution >= 4 is 11.5 Å². The van der Waals surface area contributed by atoms with Gasteiger partial charge in [-0.05, 0) is 26.8 Å². The molecule has 0 saturated carbocycles. The van der Waals surface area contributed by atoms with Crippen LogP contribution < -0.4 is 14.4 Å². The van der Waals surface area contributed by atoms with E-state index in [4.69, 9.17) is 14.6 Å². The van der Waals surface area contributed by atoms with Gasteiger partial charge in [-0.15, -0.1) is 14.8 Å². The number of aromatic nitrogens is 5. The minimum absolute atomic E-state index is 0.173. The van der Waals surface area contributed by atoms with E-state index in [2.05, 4.69) is 33.8 Å². The summed E-state index contributed by atoms with van der Waals surface area (Å²) in [6.45, 7) is 7.85. The molecule has 1 aliphatic rings. The lowest BCUT2D eigenvalue weighted by Gasteiger charge is -2.33. The van der Waals surface area contributed by atoms with Crippen LogP contribution in [0.5, 0.6) is 11.6 Å². The number of nitrogens with zero attached hydrogens (tertiary/aromatic N) is 6. The molecule has 3 aromatic heterocycles. The third-order valence-corrected chi connectivity index (χ3v) is 5.08. The molecular formula is C19H24N6O2. The molecule has 0 N–H and O–H groups in total. The predicted molar refractivity (Wildman–Crippen MR) is 102 cm³/mol. The van der Waals surface area contributed by atoms with Crippen molar-refractivity contribution in [1.82, 2.24) is 24.8 Å². The first-order chi connectivity index (χ1) is 13.0.